The van der Waals surface area contributed by atoms with Crippen LogP contribution >= 0.6 is 0 Å². The molecule has 1 rings (SSSR count). The zero-order valence-corrected chi connectivity index (χ0v) is 9.15. The second-order valence-electron chi connectivity index (χ2n) is 3.96. The molecule has 1 aliphatic rings. The molecule has 0 radical (unpaired) electrons. The van der Waals surface area contributed by atoms with Gasteiger partial charge in [-0.25, -0.2) is 0 Å². The SMILES string of the molecule is COCCN(C)C(=O)C1(C(=O)O)CCC1. The number of carboxylic acids is 1. The molecule has 1 fully saturated rings. The van der Waals surface area contributed by atoms with Crippen LogP contribution in [-0.4, -0.2) is 49.2 Å². The normalized spacial score (nSPS) is 18.0. The van der Waals surface area contributed by atoms with E-state index in [2.05, 4.69) is 0 Å². The van der Waals surface area contributed by atoms with Crippen molar-refractivity contribution in [2.75, 3.05) is 27.3 Å². The summed E-state index contributed by atoms with van der Waals surface area (Å²) in [5, 5.41) is 9.05. The van der Waals surface area contributed by atoms with E-state index >= 15 is 0 Å². The van der Waals surface area contributed by atoms with Gasteiger partial charge in [-0.1, -0.05) is 6.42 Å². The largest absolute Gasteiger partial charge is 0.480 e. The summed E-state index contributed by atoms with van der Waals surface area (Å²) in [4.78, 5) is 24.4. The maximum Gasteiger partial charge on any atom is 0.319 e. The molecule has 1 amide bonds. The molecule has 5 nitrogen and oxygen atoms in total. The van der Waals surface area contributed by atoms with Gasteiger partial charge in [0.05, 0.1) is 6.61 Å². The fourth-order valence-corrected chi connectivity index (χ4v) is 1.74. The molecule has 0 unspecified atom stereocenters. The van der Waals surface area contributed by atoms with E-state index in [0.717, 1.165) is 6.42 Å². The Bertz CT molecular complexity index is 260. The Balaban J connectivity index is 2.61. The molecule has 0 bridgehead atoms. The highest BCUT2D eigenvalue weighted by atomic mass is 16.5. The number of nitrogens with zero attached hydrogens (tertiary/aromatic N) is 1. The van der Waals surface area contributed by atoms with Gasteiger partial charge in [0.15, 0.2) is 0 Å². The fraction of sp³-hybridized carbons (Fsp3) is 0.800. The van der Waals surface area contributed by atoms with E-state index in [0.29, 0.717) is 26.0 Å². The van der Waals surface area contributed by atoms with E-state index in [4.69, 9.17) is 9.84 Å². The monoisotopic (exact) mass is 215 g/mol. The summed E-state index contributed by atoms with van der Waals surface area (Å²) < 4.78 is 4.85. The molecule has 0 aromatic carbocycles. The molecule has 1 aliphatic carbocycles. The third kappa shape index (κ3) is 2.12. The van der Waals surface area contributed by atoms with E-state index in [-0.39, 0.29) is 5.91 Å². The number of methoxy groups -OCH3 is 1. The summed E-state index contributed by atoms with van der Waals surface area (Å²) in [6.07, 6.45) is 1.73. The highest BCUT2D eigenvalue weighted by molar-refractivity contribution is 6.02. The number of amides is 1. The summed E-state index contributed by atoms with van der Waals surface area (Å²) in [7, 11) is 3.17. The Hall–Kier alpha value is -1.10. The molecule has 0 aromatic heterocycles. The number of carboxylic acid groups (broad SMARTS) is 1. The smallest absolute Gasteiger partial charge is 0.319 e. The molecule has 0 aromatic rings. The fourth-order valence-electron chi connectivity index (χ4n) is 1.74. The minimum atomic E-state index is -1.15. The molecule has 86 valence electrons. The van der Waals surface area contributed by atoms with Crippen molar-refractivity contribution < 1.29 is 19.4 Å². The van der Waals surface area contributed by atoms with Gasteiger partial charge >= 0.3 is 5.97 Å². The minimum Gasteiger partial charge on any atom is -0.480 e. The number of hydrogen-bond donors (Lipinski definition) is 1. The van der Waals surface area contributed by atoms with E-state index in [1.54, 1.807) is 14.2 Å². The lowest BCUT2D eigenvalue weighted by atomic mass is 9.68. The lowest BCUT2D eigenvalue weighted by molar-refractivity contribution is -0.167. The average Bonchev–Trinajstić information content (AvgIpc) is 2.11. The second-order valence-corrected chi connectivity index (χ2v) is 3.96. The number of likely N-dealkylation sites (N-methyl/N-ethyl adjacent to an activating group) is 1. The third-order valence-electron chi connectivity index (χ3n) is 3.00. The van der Waals surface area contributed by atoms with Crippen molar-refractivity contribution in [3.63, 3.8) is 0 Å². The molecule has 0 heterocycles. The van der Waals surface area contributed by atoms with Crippen LogP contribution in [0.2, 0.25) is 0 Å². The summed E-state index contributed by atoms with van der Waals surface area (Å²) >= 11 is 0. The summed E-state index contributed by atoms with van der Waals surface area (Å²) in [6.45, 7) is 0.863. The van der Waals surface area contributed by atoms with Crippen LogP contribution in [0.15, 0.2) is 0 Å². The topological polar surface area (TPSA) is 66.8 Å². The first-order chi connectivity index (χ1) is 7.04. The van der Waals surface area contributed by atoms with Crippen molar-refractivity contribution in [3.8, 4) is 0 Å². The van der Waals surface area contributed by atoms with Gasteiger partial charge in [-0.05, 0) is 12.8 Å². The maximum absolute atomic E-state index is 11.9. The van der Waals surface area contributed by atoms with Crippen molar-refractivity contribution in [2.45, 2.75) is 19.3 Å². The van der Waals surface area contributed by atoms with Gasteiger partial charge in [0.25, 0.3) is 0 Å². The van der Waals surface area contributed by atoms with E-state index in [1.807, 2.05) is 0 Å². The van der Waals surface area contributed by atoms with Crippen molar-refractivity contribution in [1.82, 2.24) is 4.90 Å². The van der Waals surface area contributed by atoms with Gasteiger partial charge in [0, 0.05) is 20.7 Å². The van der Waals surface area contributed by atoms with Crippen LogP contribution in [0.4, 0.5) is 0 Å². The Morgan fingerprint density at radius 1 is 1.47 bits per heavy atom. The van der Waals surface area contributed by atoms with E-state index in [9.17, 15) is 9.59 Å². The Morgan fingerprint density at radius 2 is 2.07 bits per heavy atom. The standard InChI is InChI=1S/C10H17NO4/c1-11(6-7-15-2)8(12)10(9(13)14)4-3-5-10/h3-7H2,1-2H3,(H,13,14). The van der Waals surface area contributed by atoms with Crippen LogP contribution in [-0.2, 0) is 14.3 Å². The Labute approximate surface area is 89.0 Å². The highest BCUT2D eigenvalue weighted by Crippen LogP contribution is 2.42. The number of carbonyl (C=O) groups excluding carboxylic acids is 1. The molecule has 5 heteroatoms. The van der Waals surface area contributed by atoms with Gasteiger partial charge in [-0.15, -0.1) is 0 Å². The predicted molar refractivity (Wildman–Crippen MR) is 53.4 cm³/mol. The Kier molecular flexibility index (Phi) is 3.68. The van der Waals surface area contributed by atoms with Crippen molar-refractivity contribution >= 4 is 11.9 Å². The van der Waals surface area contributed by atoms with Gasteiger partial charge in [-0.2, -0.15) is 0 Å². The number of ether oxygens (including phenoxy) is 1. The predicted octanol–water partition coefficient (Wildman–Crippen LogP) is 0.346. The zero-order valence-electron chi connectivity index (χ0n) is 9.15. The zero-order chi connectivity index (χ0) is 11.5. The third-order valence-corrected chi connectivity index (χ3v) is 3.00. The van der Waals surface area contributed by atoms with Gasteiger partial charge in [-0.3, -0.25) is 9.59 Å². The van der Waals surface area contributed by atoms with Crippen LogP contribution in [0.3, 0.4) is 0 Å². The summed E-state index contributed by atoms with van der Waals surface area (Å²) in [5.74, 6) is -1.29. The van der Waals surface area contributed by atoms with Gasteiger partial charge in [0.2, 0.25) is 5.91 Å². The number of hydrogen-bond acceptors (Lipinski definition) is 3. The van der Waals surface area contributed by atoms with Crippen molar-refractivity contribution in [1.29, 1.82) is 0 Å². The highest BCUT2D eigenvalue weighted by Gasteiger charge is 2.52. The first-order valence-electron chi connectivity index (χ1n) is 5.02. The van der Waals surface area contributed by atoms with Gasteiger partial charge in [0.1, 0.15) is 5.41 Å². The molecule has 1 N–H and O–H groups in total. The molecule has 0 atom stereocenters. The van der Waals surface area contributed by atoms with Crippen LogP contribution in [0.5, 0.6) is 0 Å². The molecular weight excluding hydrogens is 198 g/mol. The number of rotatable bonds is 5. The number of aliphatic carboxylic acids is 1. The molecule has 0 saturated heterocycles. The second kappa shape index (κ2) is 4.61. The molecule has 15 heavy (non-hydrogen) atoms. The van der Waals surface area contributed by atoms with Crippen molar-refractivity contribution in [3.05, 3.63) is 0 Å². The van der Waals surface area contributed by atoms with Crippen molar-refractivity contribution in [2.24, 2.45) is 5.41 Å². The minimum absolute atomic E-state index is 0.293. The molecule has 1 saturated carbocycles. The van der Waals surface area contributed by atoms with E-state index in [1.165, 1.54) is 4.90 Å². The molecule has 0 aliphatic heterocycles. The van der Waals surface area contributed by atoms with Crippen LogP contribution in [0, 0.1) is 5.41 Å². The van der Waals surface area contributed by atoms with Crippen LogP contribution < -0.4 is 0 Å². The first kappa shape index (κ1) is 12.0. The van der Waals surface area contributed by atoms with Crippen LogP contribution in [0.25, 0.3) is 0 Å². The summed E-state index contributed by atoms with van der Waals surface area (Å²) in [6, 6.07) is 0. The summed E-state index contributed by atoms with van der Waals surface area (Å²) in [5.41, 5.74) is -1.15. The lowest BCUT2D eigenvalue weighted by Crippen LogP contribution is -2.52. The quantitative estimate of drug-likeness (QED) is 0.672. The maximum atomic E-state index is 11.9. The van der Waals surface area contributed by atoms with Gasteiger partial charge < -0.3 is 14.7 Å². The molecule has 0 spiro atoms. The number of carbonyl (C=O) groups is 2. The van der Waals surface area contributed by atoms with E-state index < -0.39 is 11.4 Å². The lowest BCUT2D eigenvalue weighted by Gasteiger charge is -2.38. The first-order valence-corrected chi connectivity index (χ1v) is 5.02. The average molecular weight is 215 g/mol. The molecular formula is C10H17NO4. The van der Waals surface area contributed by atoms with Crippen LogP contribution in [0.1, 0.15) is 19.3 Å². The Morgan fingerprint density at radius 3 is 2.40 bits per heavy atom.